The number of carbonyl (C=O) groups is 1. The number of aryl methyl sites for hydroxylation is 2. The second-order valence-electron chi connectivity index (χ2n) is 8.41. The molecular formula is C25H26FN5OS. The molecule has 6 nitrogen and oxygen atoms in total. The number of piperidine rings is 1. The van der Waals surface area contributed by atoms with Crippen LogP contribution in [0.4, 0.5) is 15.2 Å². The van der Waals surface area contributed by atoms with Gasteiger partial charge in [-0.2, -0.15) is 10.1 Å². The first-order valence-corrected chi connectivity index (χ1v) is 12.1. The predicted molar refractivity (Wildman–Crippen MR) is 131 cm³/mol. The molecule has 1 amide bonds. The molecule has 8 heteroatoms. The van der Waals surface area contributed by atoms with Crippen LogP contribution in [0.3, 0.4) is 0 Å². The van der Waals surface area contributed by atoms with E-state index in [1.165, 1.54) is 12.1 Å². The lowest BCUT2D eigenvalue weighted by Crippen LogP contribution is -2.40. The second kappa shape index (κ2) is 8.94. The summed E-state index contributed by atoms with van der Waals surface area (Å²) in [5.41, 5.74) is 4.27. The van der Waals surface area contributed by atoms with Crippen LogP contribution in [0.15, 0.2) is 48.5 Å². The first-order valence-electron chi connectivity index (χ1n) is 11.3. The first-order chi connectivity index (χ1) is 16.0. The second-order valence-corrected chi connectivity index (χ2v) is 9.39. The number of benzene rings is 2. The van der Waals surface area contributed by atoms with Gasteiger partial charge in [-0.25, -0.2) is 9.07 Å². The summed E-state index contributed by atoms with van der Waals surface area (Å²) in [6.07, 6.45) is 2.66. The fraction of sp³-hybridized carbons (Fsp3) is 0.320. The minimum Gasteiger partial charge on any atom is -0.347 e. The molecule has 3 heterocycles. The van der Waals surface area contributed by atoms with Gasteiger partial charge in [0.25, 0.3) is 0 Å². The molecule has 1 atom stereocenters. The maximum absolute atomic E-state index is 13.8. The number of fused-ring (bicyclic) bond motifs is 1. The maximum Gasteiger partial charge on any atom is 0.229 e. The van der Waals surface area contributed by atoms with E-state index in [0.29, 0.717) is 12.2 Å². The van der Waals surface area contributed by atoms with Crippen molar-refractivity contribution < 1.29 is 9.18 Å². The first kappa shape index (κ1) is 21.6. The number of carbonyl (C=O) groups excluding carboxylic acids is 1. The molecule has 1 fully saturated rings. The Morgan fingerprint density at radius 3 is 2.91 bits per heavy atom. The Bertz CT molecular complexity index is 1310. The summed E-state index contributed by atoms with van der Waals surface area (Å²) in [7, 11) is 0. The van der Waals surface area contributed by atoms with Crippen molar-refractivity contribution in [2.75, 3.05) is 23.3 Å². The molecular weight excluding hydrogens is 437 g/mol. The van der Waals surface area contributed by atoms with Crippen LogP contribution in [0, 0.1) is 18.7 Å². The zero-order valence-electron chi connectivity index (χ0n) is 18.7. The topological polar surface area (TPSA) is 63.1 Å². The van der Waals surface area contributed by atoms with Crippen molar-refractivity contribution in [3.63, 3.8) is 0 Å². The van der Waals surface area contributed by atoms with Gasteiger partial charge in [0.1, 0.15) is 5.82 Å². The fourth-order valence-corrected chi connectivity index (χ4v) is 5.42. The number of hydrogen-bond acceptors (Lipinski definition) is 5. The smallest absolute Gasteiger partial charge is 0.229 e. The lowest BCUT2D eigenvalue weighted by molar-refractivity contribution is -0.120. The van der Waals surface area contributed by atoms with Crippen LogP contribution in [0.25, 0.3) is 16.0 Å². The highest BCUT2D eigenvalue weighted by molar-refractivity contribution is 7.22. The number of nitrogens with zero attached hydrogens (tertiary/aromatic N) is 4. The van der Waals surface area contributed by atoms with Crippen molar-refractivity contribution in [2.24, 2.45) is 5.92 Å². The normalized spacial score (nSPS) is 16.3. The van der Waals surface area contributed by atoms with Crippen LogP contribution in [0.2, 0.25) is 0 Å². The Labute approximate surface area is 196 Å². The van der Waals surface area contributed by atoms with Gasteiger partial charge in [-0.15, -0.1) is 0 Å². The third-order valence-corrected chi connectivity index (χ3v) is 7.36. The molecule has 33 heavy (non-hydrogen) atoms. The summed E-state index contributed by atoms with van der Waals surface area (Å²) in [6, 6.07) is 14.3. The van der Waals surface area contributed by atoms with Crippen molar-refractivity contribution in [3.8, 4) is 5.69 Å². The largest absolute Gasteiger partial charge is 0.347 e. The molecule has 1 aliphatic rings. The minimum absolute atomic E-state index is 0.0591. The van der Waals surface area contributed by atoms with Crippen LogP contribution in [-0.4, -0.2) is 33.8 Å². The van der Waals surface area contributed by atoms with Crippen molar-refractivity contribution in [2.45, 2.75) is 33.1 Å². The molecule has 170 valence electrons. The lowest BCUT2D eigenvalue weighted by atomic mass is 9.97. The molecule has 0 aliphatic carbocycles. The SMILES string of the molecule is CCc1ccccc1NC(=O)C1CCCN(c2nc3c(s2)c(C)nn3-c2cccc(F)c2)C1. The molecule has 1 aliphatic heterocycles. The highest BCUT2D eigenvalue weighted by atomic mass is 32.1. The number of halogens is 1. The summed E-state index contributed by atoms with van der Waals surface area (Å²) in [5, 5.41) is 8.58. The standard InChI is InChI=1S/C25H26FN5OS/c1-3-17-8-4-5-12-21(17)27-24(32)18-9-7-13-30(15-18)25-28-23-22(33-25)16(2)29-31(23)20-11-6-10-19(26)14-20/h4-6,8,10-12,14,18H,3,7,9,13,15H2,1-2H3,(H,27,32). The van der Waals surface area contributed by atoms with E-state index >= 15 is 0 Å². The van der Waals surface area contributed by atoms with E-state index in [9.17, 15) is 9.18 Å². The van der Waals surface area contributed by atoms with Gasteiger partial charge in [0.15, 0.2) is 10.8 Å². The quantitative estimate of drug-likeness (QED) is 0.434. The van der Waals surface area contributed by atoms with E-state index in [2.05, 4.69) is 22.2 Å². The summed E-state index contributed by atoms with van der Waals surface area (Å²) in [6.45, 7) is 5.52. The third kappa shape index (κ3) is 4.23. The Balaban J connectivity index is 1.38. The highest BCUT2D eigenvalue weighted by Gasteiger charge is 2.29. The summed E-state index contributed by atoms with van der Waals surface area (Å²) in [5.74, 6) is -0.348. The van der Waals surface area contributed by atoms with E-state index in [0.717, 1.165) is 58.2 Å². The Hall–Kier alpha value is -3.26. The van der Waals surface area contributed by atoms with Crippen LogP contribution in [0.1, 0.15) is 31.0 Å². The lowest BCUT2D eigenvalue weighted by Gasteiger charge is -2.31. The minimum atomic E-state index is -0.307. The Kier molecular flexibility index (Phi) is 5.85. The summed E-state index contributed by atoms with van der Waals surface area (Å²) in [4.78, 5) is 20.1. The van der Waals surface area contributed by atoms with Gasteiger partial charge in [0.05, 0.1) is 22.0 Å². The molecule has 2 aromatic carbocycles. The van der Waals surface area contributed by atoms with Crippen LogP contribution >= 0.6 is 11.3 Å². The zero-order valence-corrected chi connectivity index (χ0v) is 19.5. The number of hydrogen-bond donors (Lipinski definition) is 1. The van der Waals surface area contributed by atoms with Gasteiger partial charge in [-0.05, 0) is 56.0 Å². The molecule has 0 bridgehead atoms. The highest BCUT2D eigenvalue weighted by Crippen LogP contribution is 2.34. The Morgan fingerprint density at radius 2 is 2.09 bits per heavy atom. The molecule has 5 rings (SSSR count). The Morgan fingerprint density at radius 1 is 1.24 bits per heavy atom. The van der Waals surface area contributed by atoms with Crippen molar-refractivity contribution in [1.29, 1.82) is 0 Å². The molecule has 1 saturated heterocycles. The monoisotopic (exact) mass is 463 g/mol. The van der Waals surface area contributed by atoms with Gasteiger partial charge in [-0.3, -0.25) is 4.79 Å². The van der Waals surface area contributed by atoms with Crippen molar-refractivity contribution in [1.82, 2.24) is 14.8 Å². The molecule has 1 N–H and O–H groups in total. The van der Waals surface area contributed by atoms with E-state index < -0.39 is 0 Å². The third-order valence-electron chi connectivity index (χ3n) is 6.15. The van der Waals surface area contributed by atoms with Gasteiger partial charge in [0.2, 0.25) is 5.91 Å². The molecule has 0 saturated carbocycles. The maximum atomic E-state index is 13.8. The number of nitrogens with one attached hydrogen (secondary N) is 1. The number of para-hydroxylation sites is 1. The van der Waals surface area contributed by atoms with Crippen LogP contribution in [-0.2, 0) is 11.2 Å². The van der Waals surface area contributed by atoms with E-state index in [-0.39, 0.29) is 17.6 Å². The van der Waals surface area contributed by atoms with Crippen molar-refractivity contribution >= 4 is 38.4 Å². The van der Waals surface area contributed by atoms with Crippen LogP contribution < -0.4 is 10.2 Å². The van der Waals surface area contributed by atoms with Crippen molar-refractivity contribution in [3.05, 3.63) is 65.6 Å². The molecule has 4 aromatic rings. The number of aromatic nitrogens is 3. The number of rotatable bonds is 5. The zero-order chi connectivity index (χ0) is 22.9. The summed E-state index contributed by atoms with van der Waals surface area (Å²) < 4.78 is 16.5. The van der Waals surface area contributed by atoms with Crippen LogP contribution in [0.5, 0.6) is 0 Å². The van der Waals surface area contributed by atoms with E-state index in [1.54, 1.807) is 22.1 Å². The van der Waals surface area contributed by atoms with E-state index in [1.807, 2.05) is 37.3 Å². The predicted octanol–water partition coefficient (Wildman–Crippen LogP) is 5.35. The summed E-state index contributed by atoms with van der Waals surface area (Å²) >= 11 is 1.58. The number of anilines is 2. The fourth-order valence-electron chi connectivity index (χ4n) is 4.40. The molecule has 1 unspecified atom stereocenters. The van der Waals surface area contributed by atoms with E-state index in [4.69, 9.17) is 4.98 Å². The average Bonchev–Trinajstić information content (AvgIpc) is 3.40. The van der Waals surface area contributed by atoms with Gasteiger partial charge in [-0.1, -0.05) is 42.5 Å². The average molecular weight is 464 g/mol. The number of amides is 1. The molecule has 0 radical (unpaired) electrons. The molecule has 2 aromatic heterocycles. The molecule has 0 spiro atoms. The van der Waals surface area contributed by atoms with Gasteiger partial charge >= 0.3 is 0 Å². The van der Waals surface area contributed by atoms with Gasteiger partial charge in [0, 0.05) is 18.8 Å². The number of thiazole rings is 1. The van der Waals surface area contributed by atoms with Gasteiger partial charge < -0.3 is 10.2 Å².